The smallest absolute Gasteiger partial charge is 0.349 e. The third kappa shape index (κ3) is 8.60. The molecule has 1 aromatic carbocycles. The van der Waals surface area contributed by atoms with Crippen molar-refractivity contribution in [1.29, 1.82) is 0 Å². The summed E-state index contributed by atoms with van der Waals surface area (Å²) in [7, 11) is -2.77. The van der Waals surface area contributed by atoms with Crippen molar-refractivity contribution in [3.8, 4) is 0 Å². The van der Waals surface area contributed by atoms with Crippen LogP contribution in [0, 0.1) is 5.41 Å². The second-order valence-corrected chi connectivity index (χ2v) is 17.9. The lowest BCUT2D eigenvalue weighted by Gasteiger charge is -2.41. The topological polar surface area (TPSA) is 204 Å². The highest BCUT2D eigenvalue weighted by molar-refractivity contribution is 7.85. The monoisotopic (exact) mass is 825 g/mol. The van der Waals surface area contributed by atoms with Gasteiger partial charge >= 0.3 is 5.97 Å². The highest BCUT2D eigenvalue weighted by atomic mass is 32.2. The molecular formula is C39H47N5O11S2. The summed E-state index contributed by atoms with van der Waals surface area (Å²) in [5, 5.41) is 1.38. The van der Waals surface area contributed by atoms with Crippen LogP contribution < -0.4 is 4.90 Å². The normalized spacial score (nSPS) is 22.6. The molecule has 1 aromatic rings. The zero-order valence-electron chi connectivity index (χ0n) is 32.5. The number of nitrogens with zero attached hydrogens (tertiary/aromatic N) is 5. The second kappa shape index (κ2) is 16.2. The molecule has 18 heteroatoms. The van der Waals surface area contributed by atoms with Gasteiger partial charge in [-0.2, -0.15) is 8.42 Å². The molecule has 0 aliphatic carbocycles. The molecule has 2 saturated heterocycles. The van der Waals surface area contributed by atoms with Gasteiger partial charge in [0, 0.05) is 66.6 Å². The van der Waals surface area contributed by atoms with Gasteiger partial charge in [-0.1, -0.05) is 45.9 Å². The first-order valence-electron chi connectivity index (χ1n) is 18.6. The highest BCUT2D eigenvalue weighted by Crippen LogP contribution is 2.49. The van der Waals surface area contributed by atoms with E-state index in [1.165, 1.54) is 7.05 Å². The lowest BCUT2D eigenvalue weighted by atomic mass is 9.77. The molecule has 0 radical (unpaired) electrons. The molecule has 2 atom stereocenters. The maximum Gasteiger partial charge on any atom is 0.361 e. The first-order chi connectivity index (χ1) is 26.8. The molecule has 306 valence electrons. The molecule has 57 heavy (non-hydrogen) atoms. The van der Waals surface area contributed by atoms with Crippen LogP contribution >= 0.6 is 0 Å². The summed E-state index contributed by atoms with van der Waals surface area (Å²) >= 11 is -2.18. The average molecular weight is 826 g/mol. The molecular weight excluding hydrogens is 779 g/mol. The molecule has 2 fully saturated rings. The van der Waals surface area contributed by atoms with Crippen molar-refractivity contribution in [3.05, 3.63) is 82.8 Å². The zero-order chi connectivity index (χ0) is 41.4. The molecule has 3 amide bonds. The van der Waals surface area contributed by atoms with Gasteiger partial charge in [0.25, 0.3) is 27.8 Å². The van der Waals surface area contributed by atoms with Crippen LogP contribution in [-0.2, 0) is 55.5 Å². The number of hydroxylamine groups is 4. The van der Waals surface area contributed by atoms with Crippen molar-refractivity contribution >= 4 is 56.3 Å². The van der Waals surface area contributed by atoms with Gasteiger partial charge in [-0.3, -0.25) is 28.8 Å². The molecule has 5 aliphatic heterocycles. The number of aliphatic imine (C=N–C) groups is 1. The van der Waals surface area contributed by atoms with E-state index in [0.29, 0.717) is 30.1 Å². The van der Waals surface area contributed by atoms with Gasteiger partial charge in [0.05, 0.1) is 16.2 Å². The number of allylic oxidation sites excluding steroid dienone is 7. The summed E-state index contributed by atoms with van der Waals surface area (Å²) in [4.78, 5) is 69.5. The van der Waals surface area contributed by atoms with Gasteiger partial charge in [0.2, 0.25) is 0 Å². The summed E-state index contributed by atoms with van der Waals surface area (Å²) in [6.45, 7) is 8.35. The minimum atomic E-state index is -4.16. The molecule has 6 rings (SSSR count). The van der Waals surface area contributed by atoms with Gasteiger partial charge in [0.15, 0.2) is 17.7 Å². The Morgan fingerprint density at radius 2 is 1.77 bits per heavy atom. The first kappa shape index (κ1) is 41.9. The summed E-state index contributed by atoms with van der Waals surface area (Å²) in [5.41, 5.74) is 4.28. The van der Waals surface area contributed by atoms with Crippen LogP contribution in [0.15, 0.2) is 87.1 Å². The van der Waals surface area contributed by atoms with E-state index in [1.807, 2.05) is 69.1 Å². The lowest BCUT2D eigenvalue weighted by molar-refractivity contribution is -0.211. The number of piperidine rings is 1. The Morgan fingerprint density at radius 1 is 1.05 bits per heavy atom. The third-order valence-corrected chi connectivity index (χ3v) is 12.3. The quantitative estimate of drug-likeness (QED) is 0.0946. The number of hydrogen-bond acceptors (Lipinski definition) is 12. The minimum absolute atomic E-state index is 0.0418. The number of rotatable bonds is 13. The molecule has 2 N–H and O–H groups in total. The van der Waals surface area contributed by atoms with Gasteiger partial charge in [-0.25, -0.2) is 14.1 Å². The van der Waals surface area contributed by atoms with E-state index in [2.05, 4.69) is 4.90 Å². The molecule has 0 saturated carbocycles. The van der Waals surface area contributed by atoms with Gasteiger partial charge in [0.1, 0.15) is 6.17 Å². The van der Waals surface area contributed by atoms with Crippen molar-refractivity contribution in [2.24, 2.45) is 10.4 Å². The molecule has 0 bridgehead atoms. The number of amides is 3. The number of anilines is 1. The minimum Gasteiger partial charge on any atom is -0.349 e. The van der Waals surface area contributed by atoms with Crippen LogP contribution in [0.5, 0.6) is 0 Å². The van der Waals surface area contributed by atoms with E-state index >= 15 is 0 Å². The molecule has 2 unspecified atom stereocenters. The van der Waals surface area contributed by atoms with Crippen LogP contribution in [0.2, 0.25) is 0 Å². The van der Waals surface area contributed by atoms with Crippen LogP contribution in [-0.4, -0.2) is 105 Å². The summed E-state index contributed by atoms with van der Waals surface area (Å²) in [6.07, 6.45) is 13.5. The van der Waals surface area contributed by atoms with Crippen LogP contribution in [0.4, 0.5) is 5.69 Å². The molecule has 5 heterocycles. The number of fused-ring (bicyclic) bond motifs is 4. The Morgan fingerprint density at radius 3 is 2.46 bits per heavy atom. The fourth-order valence-corrected chi connectivity index (χ4v) is 8.74. The number of imide groups is 1. The highest BCUT2D eigenvalue weighted by Gasteiger charge is 2.46. The van der Waals surface area contributed by atoms with Crippen molar-refractivity contribution in [3.63, 3.8) is 0 Å². The molecule has 0 spiro atoms. The summed E-state index contributed by atoms with van der Waals surface area (Å²) < 4.78 is 53.9. The maximum absolute atomic E-state index is 13.8. The predicted molar refractivity (Wildman–Crippen MR) is 210 cm³/mol. The Labute approximate surface area is 334 Å². The van der Waals surface area contributed by atoms with E-state index in [0.717, 1.165) is 51.8 Å². The van der Waals surface area contributed by atoms with E-state index in [1.54, 1.807) is 18.2 Å². The Kier molecular flexibility index (Phi) is 11.9. The standard InChI is InChI=1S/C39H47N5O11S2/c1-38(2)28-23-26(37(48)41(5)54-24-35(47)55-44-33(45)17-18-34(44)46)29-12-9-10-19-43(29)36(28)40-31(38)13-7-6-8-14-32-39(3,4)27-22-25(56(49)50)15-16-30(27)42(32)20-11-21-57(51,52)53/h6-8,13-16,22-23,36H,9-12,17-21,24H2,1-5H3,(H,49,50)(H,51,52,53)/b8-6+,13-7+,32-14+. The molecule has 0 aromatic heterocycles. The van der Waals surface area contributed by atoms with Crippen molar-refractivity contribution in [2.75, 3.05) is 37.4 Å². The van der Waals surface area contributed by atoms with Crippen molar-refractivity contribution in [2.45, 2.75) is 82.7 Å². The number of benzene rings is 1. The van der Waals surface area contributed by atoms with E-state index in [9.17, 15) is 40.9 Å². The molecule has 5 aliphatic rings. The molecule has 16 nitrogen and oxygen atoms in total. The van der Waals surface area contributed by atoms with Crippen LogP contribution in [0.25, 0.3) is 0 Å². The predicted octanol–water partition coefficient (Wildman–Crippen LogP) is 4.12. The number of carbonyl (C=O) groups excluding carboxylic acids is 4. The van der Waals surface area contributed by atoms with Crippen molar-refractivity contribution in [1.82, 2.24) is 15.0 Å². The number of likely N-dealkylation sites (N-methyl/N-ethyl adjacent to an activating group) is 1. The average Bonchev–Trinajstić information content (AvgIpc) is 3.69. The summed E-state index contributed by atoms with van der Waals surface area (Å²) in [6, 6.07) is 5.00. The SMILES string of the molecule is CN(OCC(=O)ON1C(=O)CCC1=O)C(=O)C1=C2CCCCN2C2N=C(/C=C/C=C/C=C3/N(CCCS(=O)(=O)O)c4ccc(S(=O)O)cc4C3(C)C)C(C)(C)C2=C1. The Hall–Kier alpha value is -4.75. The van der Waals surface area contributed by atoms with Gasteiger partial charge in [-0.05, 0) is 73.2 Å². The van der Waals surface area contributed by atoms with E-state index in [-0.39, 0.29) is 30.3 Å². The second-order valence-electron chi connectivity index (χ2n) is 15.4. The van der Waals surface area contributed by atoms with Crippen LogP contribution in [0.3, 0.4) is 0 Å². The largest absolute Gasteiger partial charge is 0.361 e. The van der Waals surface area contributed by atoms with Crippen molar-refractivity contribution < 1.29 is 50.6 Å². The first-order valence-corrected chi connectivity index (χ1v) is 21.3. The Bertz CT molecular complexity index is 2190. The van der Waals surface area contributed by atoms with Crippen LogP contribution in [0.1, 0.15) is 71.8 Å². The van der Waals surface area contributed by atoms with E-state index < -0.39 is 68.1 Å². The fraction of sp³-hybridized carbons (Fsp3) is 0.462. The fourth-order valence-electron chi connectivity index (χ4n) is 7.84. The van der Waals surface area contributed by atoms with Gasteiger partial charge < -0.3 is 19.2 Å². The maximum atomic E-state index is 13.8. The summed E-state index contributed by atoms with van der Waals surface area (Å²) in [5.74, 6) is -3.10. The zero-order valence-corrected chi connectivity index (χ0v) is 34.1. The number of carbonyl (C=O) groups is 4. The van der Waals surface area contributed by atoms with Gasteiger partial charge in [-0.15, -0.1) is 5.06 Å². The third-order valence-electron chi connectivity index (χ3n) is 10.9. The number of hydrogen-bond donors (Lipinski definition) is 2. The van der Waals surface area contributed by atoms with E-state index in [4.69, 9.17) is 14.7 Å². The lowest BCUT2D eigenvalue weighted by Crippen LogP contribution is -2.43. The Balaban J connectivity index is 1.18.